The van der Waals surface area contributed by atoms with Crippen molar-refractivity contribution in [2.75, 3.05) is 25.1 Å². The first-order chi connectivity index (χ1) is 7.81. The van der Waals surface area contributed by atoms with Gasteiger partial charge in [0.15, 0.2) is 0 Å². The van der Waals surface area contributed by atoms with Gasteiger partial charge in [-0.3, -0.25) is 0 Å². The van der Waals surface area contributed by atoms with Gasteiger partial charge in [-0.25, -0.2) is 4.79 Å². The average Bonchev–Trinajstić information content (AvgIpc) is 2.39. The first-order valence-corrected chi connectivity index (χ1v) is 5.39. The third-order valence-corrected chi connectivity index (χ3v) is 2.69. The lowest BCUT2D eigenvalue weighted by molar-refractivity contribution is 0.0601. The largest absolute Gasteiger partial charge is 0.465 e. The maximum atomic E-state index is 11.4. The number of hydrogen-bond donors (Lipinski definition) is 0. The van der Waals surface area contributed by atoms with Crippen LogP contribution in [0.1, 0.15) is 16.8 Å². The summed E-state index contributed by atoms with van der Waals surface area (Å²) in [5.41, 5.74) is 1.68. The molecule has 0 aliphatic carbocycles. The van der Waals surface area contributed by atoms with E-state index in [1.54, 1.807) is 6.07 Å². The van der Waals surface area contributed by atoms with E-state index in [1.807, 2.05) is 18.2 Å². The molecule has 0 aromatic heterocycles. The van der Waals surface area contributed by atoms with E-state index in [4.69, 9.17) is 4.74 Å². The molecular formula is C13H15NO2. The standard InChI is InChI=1S/C13H15NO2/c1-16-13(15)11-6-5-7-12(10-11)14-8-3-2-4-9-14/h2-3,5-7,10H,4,8-9H2,1H3. The van der Waals surface area contributed by atoms with Gasteiger partial charge in [-0.05, 0) is 24.6 Å². The van der Waals surface area contributed by atoms with Gasteiger partial charge in [0.05, 0.1) is 12.7 Å². The molecule has 3 nitrogen and oxygen atoms in total. The molecule has 0 amide bonds. The Hall–Kier alpha value is -1.77. The van der Waals surface area contributed by atoms with Gasteiger partial charge in [0.1, 0.15) is 0 Å². The van der Waals surface area contributed by atoms with Crippen LogP contribution in [0.25, 0.3) is 0 Å². The molecule has 0 unspecified atom stereocenters. The van der Waals surface area contributed by atoms with Crippen LogP contribution < -0.4 is 4.90 Å². The first-order valence-electron chi connectivity index (χ1n) is 5.39. The molecule has 0 spiro atoms. The Balaban J connectivity index is 2.21. The maximum Gasteiger partial charge on any atom is 0.337 e. The normalized spacial score (nSPS) is 14.9. The fraction of sp³-hybridized carbons (Fsp3) is 0.308. The lowest BCUT2D eigenvalue weighted by Gasteiger charge is -2.25. The van der Waals surface area contributed by atoms with E-state index in [9.17, 15) is 4.79 Å². The minimum atomic E-state index is -0.283. The molecule has 0 bridgehead atoms. The Bertz CT molecular complexity index is 412. The number of ether oxygens (including phenoxy) is 1. The molecule has 16 heavy (non-hydrogen) atoms. The van der Waals surface area contributed by atoms with E-state index >= 15 is 0 Å². The smallest absolute Gasteiger partial charge is 0.337 e. The third kappa shape index (κ3) is 2.24. The number of benzene rings is 1. The second kappa shape index (κ2) is 4.84. The van der Waals surface area contributed by atoms with E-state index in [-0.39, 0.29) is 5.97 Å². The van der Waals surface area contributed by atoms with Crippen LogP contribution >= 0.6 is 0 Å². The van der Waals surface area contributed by atoms with Crippen molar-refractivity contribution in [1.82, 2.24) is 0 Å². The summed E-state index contributed by atoms with van der Waals surface area (Å²) < 4.78 is 4.71. The highest BCUT2D eigenvalue weighted by Gasteiger charge is 2.10. The predicted molar refractivity (Wildman–Crippen MR) is 63.8 cm³/mol. The average molecular weight is 217 g/mol. The topological polar surface area (TPSA) is 29.5 Å². The molecule has 1 heterocycles. The summed E-state index contributed by atoms with van der Waals surface area (Å²) in [7, 11) is 1.40. The third-order valence-electron chi connectivity index (χ3n) is 2.69. The summed E-state index contributed by atoms with van der Waals surface area (Å²) in [6, 6.07) is 7.56. The highest BCUT2D eigenvalue weighted by molar-refractivity contribution is 5.90. The first kappa shape index (κ1) is 10.7. The zero-order valence-corrected chi connectivity index (χ0v) is 9.35. The van der Waals surface area contributed by atoms with E-state index in [0.29, 0.717) is 5.56 Å². The summed E-state index contributed by atoms with van der Waals surface area (Å²) in [5.74, 6) is -0.283. The summed E-state index contributed by atoms with van der Waals surface area (Å²) in [6.45, 7) is 1.91. The van der Waals surface area contributed by atoms with Crippen LogP contribution in [0.4, 0.5) is 5.69 Å². The fourth-order valence-electron chi connectivity index (χ4n) is 1.82. The van der Waals surface area contributed by atoms with Crippen molar-refractivity contribution >= 4 is 11.7 Å². The molecule has 0 saturated heterocycles. The van der Waals surface area contributed by atoms with Gasteiger partial charge in [-0.15, -0.1) is 0 Å². The summed E-state index contributed by atoms with van der Waals surface area (Å²) in [5, 5.41) is 0. The monoisotopic (exact) mass is 217 g/mol. The van der Waals surface area contributed by atoms with Crippen molar-refractivity contribution < 1.29 is 9.53 Å². The van der Waals surface area contributed by atoms with Gasteiger partial charge in [-0.2, -0.15) is 0 Å². The zero-order valence-electron chi connectivity index (χ0n) is 9.35. The van der Waals surface area contributed by atoms with E-state index < -0.39 is 0 Å². The highest BCUT2D eigenvalue weighted by Crippen LogP contribution is 2.18. The van der Waals surface area contributed by atoms with Crippen LogP contribution in [-0.2, 0) is 4.74 Å². The van der Waals surface area contributed by atoms with Crippen LogP contribution in [0.5, 0.6) is 0 Å². The molecule has 2 rings (SSSR count). The number of anilines is 1. The fourth-order valence-corrected chi connectivity index (χ4v) is 1.82. The molecule has 1 aliphatic rings. The maximum absolute atomic E-state index is 11.4. The molecule has 1 aromatic carbocycles. The summed E-state index contributed by atoms with van der Waals surface area (Å²) in [4.78, 5) is 13.6. The minimum absolute atomic E-state index is 0.283. The lowest BCUT2D eigenvalue weighted by atomic mass is 10.1. The van der Waals surface area contributed by atoms with Gasteiger partial charge in [0.2, 0.25) is 0 Å². The van der Waals surface area contributed by atoms with E-state index in [0.717, 1.165) is 25.2 Å². The quantitative estimate of drug-likeness (QED) is 0.562. The summed E-state index contributed by atoms with van der Waals surface area (Å²) in [6.07, 6.45) is 5.39. The van der Waals surface area contributed by atoms with Gasteiger partial charge in [0, 0.05) is 18.8 Å². The number of carbonyl (C=O) groups is 1. The Labute approximate surface area is 95.3 Å². The Morgan fingerprint density at radius 3 is 2.94 bits per heavy atom. The molecule has 0 N–H and O–H groups in total. The number of carbonyl (C=O) groups excluding carboxylic acids is 1. The van der Waals surface area contributed by atoms with E-state index in [2.05, 4.69) is 17.1 Å². The van der Waals surface area contributed by atoms with Crippen LogP contribution in [0.2, 0.25) is 0 Å². The molecular weight excluding hydrogens is 202 g/mol. The zero-order chi connectivity index (χ0) is 11.4. The highest BCUT2D eigenvalue weighted by atomic mass is 16.5. The number of hydrogen-bond acceptors (Lipinski definition) is 3. The molecule has 0 atom stereocenters. The van der Waals surface area contributed by atoms with E-state index in [1.165, 1.54) is 7.11 Å². The van der Waals surface area contributed by atoms with Crippen molar-refractivity contribution in [3.8, 4) is 0 Å². The number of methoxy groups -OCH3 is 1. The van der Waals surface area contributed by atoms with Crippen molar-refractivity contribution in [2.24, 2.45) is 0 Å². The molecule has 1 aliphatic heterocycles. The van der Waals surface area contributed by atoms with Crippen LogP contribution in [0, 0.1) is 0 Å². The van der Waals surface area contributed by atoms with Gasteiger partial charge >= 0.3 is 5.97 Å². The lowest BCUT2D eigenvalue weighted by Crippen LogP contribution is -2.26. The van der Waals surface area contributed by atoms with Crippen molar-refractivity contribution in [3.63, 3.8) is 0 Å². The Kier molecular flexibility index (Phi) is 3.25. The predicted octanol–water partition coefficient (Wildman–Crippen LogP) is 2.24. The Morgan fingerprint density at radius 1 is 1.38 bits per heavy atom. The van der Waals surface area contributed by atoms with Crippen molar-refractivity contribution in [2.45, 2.75) is 6.42 Å². The molecule has 0 saturated carbocycles. The van der Waals surface area contributed by atoms with Crippen LogP contribution in [0.3, 0.4) is 0 Å². The number of nitrogens with zero attached hydrogens (tertiary/aromatic N) is 1. The van der Waals surface area contributed by atoms with Crippen molar-refractivity contribution in [3.05, 3.63) is 42.0 Å². The van der Waals surface area contributed by atoms with Gasteiger partial charge in [0.25, 0.3) is 0 Å². The number of esters is 1. The molecule has 1 aromatic rings. The SMILES string of the molecule is COC(=O)c1cccc(N2CC=CCC2)c1. The summed E-state index contributed by atoms with van der Waals surface area (Å²) >= 11 is 0. The molecule has 3 heteroatoms. The van der Waals surface area contributed by atoms with Gasteiger partial charge in [-0.1, -0.05) is 18.2 Å². The molecule has 0 fully saturated rings. The molecule has 0 radical (unpaired) electrons. The molecule has 84 valence electrons. The van der Waals surface area contributed by atoms with Gasteiger partial charge < -0.3 is 9.64 Å². The van der Waals surface area contributed by atoms with Crippen LogP contribution in [-0.4, -0.2) is 26.2 Å². The Morgan fingerprint density at radius 2 is 2.25 bits per heavy atom. The second-order valence-corrected chi connectivity index (χ2v) is 3.75. The second-order valence-electron chi connectivity index (χ2n) is 3.75. The minimum Gasteiger partial charge on any atom is -0.465 e. The van der Waals surface area contributed by atoms with Crippen molar-refractivity contribution in [1.29, 1.82) is 0 Å². The number of rotatable bonds is 2. The van der Waals surface area contributed by atoms with Crippen LogP contribution in [0.15, 0.2) is 36.4 Å².